The maximum absolute atomic E-state index is 4.57. The van der Waals surface area contributed by atoms with Gasteiger partial charge in [-0.15, -0.1) is 0 Å². The summed E-state index contributed by atoms with van der Waals surface area (Å²) in [5.74, 6) is 0. The van der Waals surface area contributed by atoms with Crippen molar-refractivity contribution in [2.75, 3.05) is 18.5 Å². The SMILES string of the molecule is CCNC(C)c1ccc(N(C)C(CC)CC)cn1. The smallest absolute Gasteiger partial charge is 0.0572 e. The van der Waals surface area contributed by atoms with Crippen molar-refractivity contribution in [3.8, 4) is 0 Å². The lowest BCUT2D eigenvalue weighted by molar-refractivity contribution is 0.578. The van der Waals surface area contributed by atoms with Crippen LogP contribution in [0.15, 0.2) is 18.3 Å². The van der Waals surface area contributed by atoms with Gasteiger partial charge in [0, 0.05) is 19.1 Å². The van der Waals surface area contributed by atoms with Gasteiger partial charge in [0.2, 0.25) is 0 Å². The van der Waals surface area contributed by atoms with Crippen LogP contribution in [0.5, 0.6) is 0 Å². The van der Waals surface area contributed by atoms with E-state index in [4.69, 9.17) is 0 Å². The zero-order valence-electron chi connectivity index (χ0n) is 12.4. The molecule has 1 atom stereocenters. The predicted octanol–water partition coefficient (Wildman–Crippen LogP) is 3.38. The topological polar surface area (TPSA) is 28.2 Å². The Morgan fingerprint density at radius 3 is 2.33 bits per heavy atom. The Hall–Kier alpha value is -1.09. The molecule has 1 unspecified atom stereocenters. The van der Waals surface area contributed by atoms with Crippen LogP contribution in [0.2, 0.25) is 0 Å². The van der Waals surface area contributed by atoms with Crippen LogP contribution in [-0.2, 0) is 0 Å². The van der Waals surface area contributed by atoms with Gasteiger partial charge in [0.1, 0.15) is 0 Å². The summed E-state index contributed by atoms with van der Waals surface area (Å²) in [6, 6.07) is 5.22. The Morgan fingerprint density at radius 2 is 1.89 bits per heavy atom. The van der Waals surface area contributed by atoms with E-state index in [2.05, 4.69) is 62.1 Å². The number of nitrogens with zero attached hydrogens (tertiary/aromatic N) is 2. The van der Waals surface area contributed by atoms with Gasteiger partial charge in [0.15, 0.2) is 0 Å². The van der Waals surface area contributed by atoms with E-state index in [1.165, 1.54) is 18.5 Å². The first-order valence-electron chi connectivity index (χ1n) is 7.06. The van der Waals surface area contributed by atoms with Crippen LogP contribution in [0.25, 0.3) is 0 Å². The monoisotopic (exact) mass is 249 g/mol. The number of pyridine rings is 1. The highest BCUT2D eigenvalue weighted by atomic mass is 15.1. The van der Waals surface area contributed by atoms with Gasteiger partial charge in [0.05, 0.1) is 17.6 Å². The molecule has 18 heavy (non-hydrogen) atoms. The van der Waals surface area contributed by atoms with Gasteiger partial charge in [-0.1, -0.05) is 20.8 Å². The Kier molecular flexibility index (Phi) is 6.13. The number of aromatic nitrogens is 1. The molecule has 0 aliphatic heterocycles. The molecule has 3 nitrogen and oxygen atoms in total. The van der Waals surface area contributed by atoms with Gasteiger partial charge in [-0.05, 0) is 38.4 Å². The van der Waals surface area contributed by atoms with Crippen LogP contribution in [0.4, 0.5) is 5.69 Å². The maximum atomic E-state index is 4.57. The van der Waals surface area contributed by atoms with Crippen molar-refractivity contribution in [2.45, 2.75) is 52.6 Å². The van der Waals surface area contributed by atoms with Gasteiger partial charge in [-0.3, -0.25) is 4.98 Å². The molecule has 0 fully saturated rings. The lowest BCUT2D eigenvalue weighted by Crippen LogP contribution is -2.30. The second-order valence-corrected chi connectivity index (χ2v) is 4.80. The lowest BCUT2D eigenvalue weighted by atomic mass is 10.1. The molecule has 0 aliphatic carbocycles. The first kappa shape index (κ1) is 15.0. The Bertz CT molecular complexity index is 330. The fourth-order valence-corrected chi connectivity index (χ4v) is 2.32. The molecule has 3 heteroatoms. The maximum Gasteiger partial charge on any atom is 0.0572 e. The Labute approximate surface area is 112 Å². The lowest BCUT2D eigenvalue weighted by Gasteiger charge is -2.28. The molecular formula is C15H27N3. The van der Waals surface area contributed by atoms with Crippen LogP contribution in [-0.4, -0.2) is 24.6 Å². The third-order valence-corrected chi connectivity index (χ3v) is 3.62. The molecule has 0 aromatic carbocycles. The van der Waals surface area contributed by atoms with Crippen LogP contribution in [0.1, 0.15) is 52.3 Å². The van der Waals surface area contributed by atoms with Gasteiger partial charge >= 0.3 is 0 Å². The van der Waals surface area contributed by atoms with Gasteiger partial charge < -0.3 is 10.2 Å². The predicted molar refractivity (Wildman–Crippen MR) is 79.1 cm³/mol. The number of anilines is 1. The minimum atomic E-state index is 0.322. The summed E-state index contributed by atoms with van der Waals surface area (Å²) < 4.78 is 0. The average molecular weight is 249 g/mol. The molecule has 0 radical (unpaired) electrons. The molecule has 0 spiro atoms. The van der Waals surface area contributed by atoms with Gasteiger partial charge in [-0.25, -0.2) is 0 Å². The summed E-state index contributed by atoms with van der Waals surface area (Å²) in [6.07, 6.45) is 4.33. The molecule has 1 rings (SSSR count). The second-order valence-electron chi connectivity index (χ2n) is 4.80. The van der Waals surface area contributed by atoms with E-state index in [0.29, 0.717) is 12.1 Å². The van der Waals surface area contributed by atoms with Crippen LogP contribution in [0, 0.1) is 0 Å². The second kappa shape index (κ2) is 7.37. The van der Waals surface area contributed by atoms with Crippen molar-refractivity contribution in [2.24, 2.45) is 0 Å². The molecule has 1 heterocycles. The van der Waals surface area contributed by atoms with Crippen molar-refractivity contribution in [3.05, 3.63) is 24.0 Å². The van der Waals surface area contributed by atoms with E-state index in [1.807, 2.05) is 6.20 Å². The average Bonchev–Trinajstić information content (AvgIpc) is 2.40. The Balaban J connectivity index is 2.75. The zero-order chi connectivity index (χ0) is 13.5. The van der Waals surface area contributed by atoms with Crippen LogP contribution < -0.4 is 10.2 Å². The van der Waals surface area contributed by atoms with E-state index < -0.39 is 0 Å². The van der Waals surface area contributed by atoms with Gasteiger partial charge in [0.25, 0.3) is 0 Å². The summed E-state index contributed by atoms with van der Waals surface area (Å²) in [6.45, 7) is 9.71. The summed E-state index contributed by atoms with van der Waals surface area (Å²) in [5.41, 5.74) is 2.31. The fourth-order valence-electron chi connectivity index (χ4n) is 2.32. The van der Waals surface area contributed by atoms with E-state index in [-0.39, 0.29) is 0 Å². The van der Waals surface area contributed by atoms with Crippen molar-refractivity contribution >= 4 is 5.69 Å². The number of rotatable bonds is 7. The normalized spacial score (nSPS) is 12.8. The fraction of sp³-hybridized carbons (Fsp3) is 0.667. The number of nitrogens with one attached hydrogen (secondary N) is 1. The van der Waals surface area contributed by atoms with E-state index in [9.17, 15) is 0 Å². The molecule has 0 aliphatic rings. The van der Waals surface area contributed by atoms with E-state index >= 15 is 0 Å². The molecule has 0 saturated heterocycles. The Morgan fingerprint density at radius 1 is 1.22 bits per heavy atom. The summed E-state index contributed by atoms with van der Waals surface area (Å²) in [5, 5.41) is 3.38. The minimum absolute atomic E-state index is 0.322. The molecule has 1 aromatic rings. The third-order valence-electron chi connectivity index (χ3n) is 3.62. The standard InChI is InChI=1S/C15H27N3/c1-6-13(7-2)18(5)14-9-10-15(17-11-14)12(4)16-8-3/h9-13,16H,6-8H2,1-5H3. The van der Waals surface area contributed by atoms with E-state index in [1.54, 1.807) is 0 Å². The number of hydrogen-bond donors (Lipinski definition) is 1. The summed E-state index contributed by atoms with van der Waals surface area (Å²) >= 11 is 0. The summed E-state index contributed by atoms with van der Waals surface area (Å²) in [4.78, 5) is 6.89. The molecule has 0 amide bonds. The molecule has 0 saturated carbocycles. The van der Waals surface area contributed by atoms with E-state index in [0.717, 1.165) is 12.2 Å². The quantitative estimate of drug-likeness (QED) is 0.803. The largest absolute Gasteiger partial charge is 0.370 e. The molecule has 1 aromatic heterocycles. The minimum Gasteiger partial charge on any atom is -0.370 e. The zero-order valence-corrected chi connectivity index (χ0v) is 12.4. The molecule has 1 N–H and O–H groups in total. The van der Waals surface area contributed by atoms with Gasteiger partial charge in [-0.2, -0.15) is 0 Å². The molecular weight excluding hydrogens is 222 g/mol. The van der Waals surface area contributed by atoms with Crippen LogP contribution in [0.3, 0.4) is 0 Å². The first-order chi connectivity index (χ1) is 8.63. The highest BCUT2D eigenvalue weighted by Gasteiger charge is 2.12. The van der Waals surface area contributed by atoms with Crippen LogP contribution >= 0.6 is 0 Å². The summed E-state index contributed by atoms with van der Waals surface area (Å²) in [7, 11) is 2.15. The van der Waals surface area contributed by atoms with Crippen molar-refractivity contribution in [1.29, 1.82) is 0 Å². The van der Waals surface area contributed by atoms with Crippen molar-refractivity contribution in [1.82, 2.24) is 10.3 Å². The third kappa shape index (κ3) is 3.70. The highest BCUT2D eigenvalue weighted by molar-refractivity contribution is 5.45. The van der Waals surface area contributed by atoms with Crippen molar-refractivity contribution < 1.29 is 0 Å². The number of hydrogen-bond acceptors (Lipinski definition) is 3. The highest BCUT2D eigenvalue weighted by Crippen LogP contribution is 2.19. The first-order valence-corrected chi connectivity index (χ1v) is 7.06. The molecule has 0 bridgehead atoms. The van der Waals surface area contributed by atoms with Crippen molar-refractivity contribution in [3.63, 3.8) is 0 Å². The molecule has 102 valence electrons.